The molecule has 3 aliphatic rings. The highest BCUT2D eigenvalue weighted by atomic mass is 16.8. The molecule has 55 heavy (non-hydrogen) atoms. The van der Waals surface area contributed by atoms with E-state index >= 15 is 0 Å². The molecule has 15 atom stereocenters. The van der Waals surface area contributed by atoms with Crippen molar-refractivity contribution in [2.75, 3.05) is 19.8 Å². The highest BCUT2D eigenvalue weighted by Crippen LogP contribution is 2.35. The van der Waals surface area contributed by atoms with Crippen molar-refractivity contribution in [2.45, 2.75) is 105 Å². The Morgan fingerprint density at radius 1 is 0.655 bits per heavy atom. The minimum absolute atomic E-state index is 0.133. The minimum atomic E-state index is -1.95. The van der Waals surface area contributed by atoms with Crippen molar-refractivity contribution in [1.82, 2.24) is 0 Å². The largest absolute Gasteiger partial charge is 0.504 e. The van der Waals surface area contributed by atoms with Crippen LogP contribution < -0.4 is 0 Å². The van der Waals surface area contributed by atoms with Gasteiger partial charge in [0.2, 0.25) is 0 Å². The summed E-state index contributed by atoms with van der Waals surface area (Å²) in [5.74, 6) is -2.65. The zero-order valence-corrected chi connectivity index (χ0v) is 29.2. The van der Waals surface area contributed by atoms with Gasteiger partial charge in [0, 0.05) is 6.08 Å². The number of aliphatic hydroxyl groups excluding tert-OH is 8. The molecule has 20 heteroatoms. The van der Waals surface area contributed by atoms with Crippen LogP contribution in [0.1, 0.15) is 18.1 Å². The van der Waals surface area contributed by atoms with Gasteiger partial charge in [0.05, 0.1) is 25.9 Å². The third-order valence-corrected chi connectivity index (χ3v) is 9.39. The Balaban J connectivity index is 1.41. The predicted octanol–water partition coefficient (Wildman–Crippen LogP) is -3.19. The molecule has 0 spiro atoms. The summed E-state index contributed by atoms with van der Waals surface area (Å²) in [6.07, 6.45) is -23.1. The van der Waals surface area contributed by atoms with E-state index in [9.17, 15) is 66.1 Å². The maximum Gasteiger partial charge on any atom is 0.331 e. The fraction of sp³-hybridized carbons (Fsp3) is 0.571. The highest BCUT2D eigenvalue weighted by Gasteiger charge is 2.54. The molecule has 0 radical (unpaired) electrons. The maximum absolute atomic E-state index is 13.1. The summed E-state index contributed by atoms with van der Waals surface area (Å²) in [6.45, 7) is -0.439. The van der Waals surface area contributed by atoms with Crippen molar-refractivity contribution < 1.29 is 99.2 Å². The zero-order chi connectivity index (χ0) is 40.1. The molecule has 0 bridgehead atoms. The van der Waals surface area contributed by atoms with Crippen molar-refractivity contribution >= 4 is 12.0 Å². The van der Waals surface area contributed by atoms with Gasteiger partial charge < -0.3 is 94.4 Å². The van der Waals surface area contributed by atoms with Gasteiger partial charge in [-0.15, -0.1) is 0 Å². The van der Waals surface area contributed by atoms with E-state index in [0.29, 0.717) is 5.56 Å². The molecule has 0 aromatic heterocycles. The van der Waals surface area contributed by atoms with Crippen LogP contribution in [0.3, 0.4) is 0 Å². The lowest BCUT2D eigenvalue weighted by Crippen LogP contribution is -2.66. The first-order chi connectivity index (χ1) is 26.1. The molecule has 306 valence electrons. The Bertz CT molecular complexity index is 1610. The molecular formula is C35H46O20. The second kappa shape index (κ2) is 18.5. The molecule has 0 aliphatic carbocycles. The number of rotatable bonds is 13. The highest BCUT2D eigenvalue weighted by molar-refractivity contribution is 5.87. The van der Waals surface area contributed by atoms with E-state index in [1.54, 1.807) is 0 Å². The molecule has 3 aliphatic heterocycles. The fourth-order valence-electron chi connectivity index (χ4n) is 6.22. The number of carbonyl (C=O) groups excluding carboxylic acids is 1. The number of esters is 1. The quantitative estimate of drug-likeness (QED) is 0.0541. The fourth-order valence-corrected chi connectivity index (χ4v) is 6.22. The topological polar surface area (TPSA) is 324 Å². The van der Waals surface area contributed by atoms with E-state index in [2.05, 4.69) is 0 Å². The van der Waals surface area contributed by atoms with Gasteiger partial charge in [-0.2, -0.15) is 0 Å². The number of carbonyl (C=O) groups is 1. The monoisotopic (exact) mass is 786 g/mol. The summed E-state index contributed by atoms with van der Waals surface area (Å²) >= 11 is 0. The number of aromatic hydroxyl groups is 4. The first-order valence-corrected chi connectivity index (χ1v) is 17.2. The number of benzene rings is 2. The molecule has 3 heterocycles. The molecule has 3 fully saturated rings. The number of aliphatic hydroxyl groups is 8. The van der Waals surface area contributed by atoms with E-state index < -0.39 is 123 Å². The molecule has 12 N–H and O–H groups in total. The third-order valence-electron chi connectivity index (χ3n) is 9.39. The molecule has 3 saturated heterocycles. The lowest BCUT2D eigenvalue weighted by molar-refractivity contribution is -0.386. The van der Waals surface area contributed by atoms with E-state index in [-0.39, 0.29) is 30.1 Å². The van der Waals surface area contributed by atoms with Gasteiger partial charge >= 0.3 is 5.97 Å². The van der Waals surface area contributed by atoms with Gasteiger partial charge in [0.15, 0.2) is 48.0 Å². The molecule has 0 saturated carbocycles. The van der Waals surface area contributed by atoms with Gasteiger partial charge in [0.1, 0.15) is 61.0 Å². The van der Waals surface area contributed by atoms with Crippen LogP contribution in [-0.2, 0) is 44.4 Å². The van der Waals surface area contributed by atoms with E-state index in [1.807, 2.05) is 0 Å². The number of ether oxygens (including phenoxy) is 7. The summed E-state index contributed by atoms with van der Waals surface area (Å²) in [4.78, 5) is 13.1. The molecular weight excluding hydrogens is 740 g/mol. The van der Waals surface area contributed by atoms with Crippen LogP contribution in [0.25, 0.3) is 6.08 Å². The zero-order valence-electron chi connectivity index (χ0n) is 29.2. The second-order valence-corrected chi connectivity index (χ2v) is 13.2. The summed E-state index contributed by atoms with van der Waals surface area (Å²) in [5, 5.41) is 123. The predicted molar refractivity (Wildman–Crippen MR) is 180 cm³/mol. The van der Waals surface area contributed by atoms with Crippen LogP contribution >= 0.6 is 0 Å². The molecule has 5 rings (SSSR count). The molecule has 2 aromatic carbocycles. The summed E-state index contributed by atoms with van der Waals surface area (Å²) in [5.41, 5.74) is 0.803. The average Bonchev–Trinajstić information content (AvgIpc) is 3.16. The van der Waals surface area contributed by atoms with Gasteiger partial charge in [0.25, 0.3) is 0 Å². The first-order valence-electron chi connectivity index (χ1n) is 17.2. The molecule has 0 amide bonds. The van der Waals surface area contributed by atoms with Crippen LogP contribution in [0.2, 0.25) is 0 Å². The van der Waals surface area contributed by atoms with Crippen molar-refractivity contribution in [3.8, 4) is 23.0 Å². The third kappa shape index (κ3) is 9.82. The Hall–Kier alpha value is -3.71. The Morgan fingerprint density at radius 2 is 1.29 bits per heavy atom. The van der Waals surface area contributed by atoms with Crippen LogP contribution in [0.4, 0.5) is 0 Å². The van der Waals surface area contributed by atoms with Gasteiger partial charge in [-0.05, 0) is 54.8 Å². The van der Waals surface area contributed by atoms with Crippen LogP contribution in [0, 0.1) is 0 Å². The smallest absolute Gasteiger partial charge is 0.331 e. The maximum atomic E-state index is 13.1. The molecule has 0 unspecified atom stereocenters. The van der Waals surface area contributed by atoms with Gasteiger partial charge in [-0.1, -0.05) is 12.1 Å². The average molecular weight is 787 g/mol. The van der Waals surface area contributed by atoms with Crippen molar-refractivity contribution in [3.63, 3.8) is 0 Å². The standard InChI is InChI=1S/C35H46O20/c1-14-24(43)27(46)32(55-34-28(47)26(45)25(44)21(12-36)51-34)35(50-14)54-31-29(48)33(49-9-8-16-3-6-18(39)20(41)11-16)52-22(13-37)30(31)53-23(42)7-4-15-2-5-17(38)19(40)10-15/h2-7,10-11,14,21-22,24-41,43-48H,8-9,12-13H2,1H3/b7-4-/t14-,21+,22+,24-,25-,26-,27+,28+,29+,30+,31+,32+,33+,34-,35-/m0/s1. The normalized spacial score (nSPS) is 36.9. The summed E-state index contributed by atoms with van der Waals surface area (Å²) in [7, 11) is 0. The number of hydrogen-bond acceptors (Lipinski definition) is 20. The summed E-state index contributed by atoms with van der Waals surface area (Å²) in [6, 6.07) is 7.79. The van der Waals surface area contributed by atoms with Crippen LogP contribution in [0.5, 0.6) is 23.0 Å². The lowest BCUT2D eigenvalue weighted by atomic mass is 9.96. The van der Waals surface area contributed by atoms with E-state index in [4.69, 9.17) is 33.2 Å². The summed E-state index contributed by atoms with van der Waals surface area (Å²) < 4.78 is 40.2. The minimum Gasteiger partial charge on any atom is -0.504 e. The van der Waals surface area contributed by atoms with Crippen LogP contribution in [0.15, 0.2) is 42.5 Å². The van der Waals surface area contributed by atoms with Crippen molar-refractivity contribution in [3.05, 3.63) is 53.6 Å². The Labute approximate surface area is 313 Å². The molecule has 2 aromatic rings. The lowest BCUT2D eigenvalue weighted by Gasteiger charge is -2.48. The van der Waals surface area contributed by atoms with E-state index in [0.717, 1.165) is 12.1 Å². The van der Waals surface area contributed by atoms with Gasteiger partial charge in [-0.25, -0.2) is 4.79 Å². The van der Waals surface area contributed by atoms with Gasteiger partial charge in [-0.3, -0.25) is 0 Å². The van der Waals surface area contributed by atoms with Crippen molar-refractivity contribution in [1.29, 1.82) is 0 Å². The number of hydrogen-bond donors (Lipinski definition) is 12. The Morgan fingerprint density at radius 3 is 1.95 bits per heavy atom. The Kier molecular flexibility index (Phi) is 14.3. The SMILES string of the molecule is C[C@@H]1O[C@@H](O[C@@H]2[C@@H](O)[C@H](OCCc3ccc(O)c(O)c3)O[C@H](CO)[C@H]2OC(=O)/C=C\c2ccc(O)c(O)c2)[C@H](O[C@@H]2O[C@H](CO)[C@H](O)[C@H](O)[C@H]2O)[C@H](O)[C@H]1O. The molecule has 20 nitrogen and oxygen atoms in total. The van der Waals surface area contributed by atoms with Crippen molar-refractivity contribution in [2.24, 2.45) is 0 Å². The first kappa shape index (κ1) is 42.4. The van der Waals surface area contributed by atoms with Crippen LogP contribution in [-0.4, -0.2) is 179 Å². The van der Waals surface area contributed by atoms with E-state index in [1.165, 1.54) is 43.3 Å². The number of phenols is 4. The second-order valence-electron chi connectivity index (χ2n) is 13.2. The number of phenolic OH excluding ortho intramolecular Hbond substituents is 4.